The third kappa shape index (κ3) is 4.05. The molecule has 0 amide bonds. The number of fused-ring (bicyclic) bond motifs is 2. The number of ether oxygens (including phenoxy) is 2. The second-order valence-corrected chi connectivity index (χ2v) is 9.67. The summed E-state index contributed by atoms with van der Waals surface area (Å²) in [6.07, 6.45) is 7.19. The first-order valence-corrected chi connectivity index (χ1v) is 11.6. The third-order valence-electron chi connectivity index (χ3n) is 7.22. The van der Waals surface area contributed by atoms with E-state index in [1.54, 1.807) is 0 Å². The van der Waals surface area contributed by atoms with Crippen LogP contribution in [0.3, 0.4) is 0 Å². The van der Waals surface area contributed by atoms with Crippen molar-refractivity contribution in [3.05, 3.63) is 0 Å². The van der Waals surface area contributed by atoms with Gasteiger partial charge in [0.2, 0.25) is 0 Å². The second-order valence-electron chi connectivity index (χ2n) is 9.67. The zero-order chi connectivity index (χ0) is 19.6. The van der Waals surface area contributed by atoms with E-state index in [4.69, 9.17) is 14.5 Å². The lowest BCUT2D eigenvalue weighted by molar-refractivity contribution is -0.125. The van der Waals surface area contributed by atoms with Crippen LogP contribution in [0.15, 0.2) is 4.99 Å². The van der Waals surface area contributed by atoms with E-state index in [-0.39, 0.29) is 6.10 Å². The Morgan fingerprint density at radius 2 is 2.04 bits per heavy atom. The molecular weight excluding hydrogens is 352 g/mol. The highest BCUT2D eigenvalue weighted by Crippen LogP contribution is 2.60. The Bertz CT molecular complexity index is 547. The molecule has 4 rings (SSSR count). The van der Waals surface area contributed by atoms with Gasteiger partial charge < -0.3 is 20.1 Å². The van der Waals surface area contributed by atoms with Crippen molar-refractivity contribution in [1.29, 1.82) is 0 Å². The number of guanidine groups is 1. The first-order chi connectivity index (χ1) is 13.6. The molecule has 4 fully saturated rings. The number of morpholine rings is 1. The van der Waals surface area contributed by atoms with Crippen molar-refractivity contribution in [3.8, 4) is 0 Å². The lowest BCUT2D eigenvalue weighted by Gasteiger charge is -2.57. The summed E-state index contributed by atoms with van der Waals surface area (Å²) in [6, 6.07) is 0.519. The van der Waals surface area contributed by atoms with Crippen molar-refractivity contribution in [1.82, 2.24) is 15.5 Å². The van der Waals surface area contributed by atoms with Gasteiger partial charge in [0.1, 0.15) is 0 Å². The number of aliphatic imine (C=N–C) groups is 1. The predicted octanol–water partition coefficient (Wildman–Crippen LogP) is 2.25. The van der Waals surface area contributed by atoms with Crippen molar-refractivity contribution < 1.29 is 9.47 Å². The van der Waals surface area contributed by atoms with Crippen LogP contribution in [0.4, 0.5) is 0 Å². The third-order valence-corrected chi connectivity index (χ3v) is 7.22. The Hall–Kier alpha value is -0.850. The number of nitrogens with one attached hydrogen (secondary N) is 2. The minimum Gasteiger partial charge on any atom is -0.377 e. The van der Waals surface area contributed by atoms with Crippen molar-refractivity contribution in [2.75, 3.05) is 45.9 Å². The van der Waals surface area contributed by atoms with E-state index in [2.05, 4.69) is 36.3 Å². The molecule has 4 aliphatic rings. The number of hydrogen-bond donors (Lipinski definition) is 2. The standard InChI is InChI=1S/C22H40N4O2/c1-4-23-21(24-13-17-15-26(10-12-27-17)14-16(2)3)25-19-18-7-11-28-20(18)22(19)8-5-6-9-22/h16-20H,4-15H2,1-3H3,(H2,23,24,25). The first-order valence-electron chi connectivity index (χ1n) is 11.6. The van der Waals surface area contributed by atoms with Gasteiger partial charge in [0.15, 0.2) is 5.96 Å². The fourth-order valence-corrected chi connectivity index (χ4v) is 6.14. The van der Waals surface area contributed by atoms with E-state index in [0.717, 1.165) is 51.9 Å². The second kappa shape index (κ2) is 8.88. The summed E-state index contributed by atoms with van der Waals surface area (Å²) in [5.74, 6) is 2.33. The van der Waals surface area contributed by atoms with Crippen LogP contribution in [0, 0.1) is 17.3 Å². The SMILES string of the molecule is CCNC(=NCC1CN(CC(C)C)CCO1)NC1C2CCOC2C12CCCC2. The van der Waals surface area contributed by atoms with Gasteiger partial charge in [-0.2, -0.15) is 0 Å². The van der Waals surface area contributed by atoms with Crippen LogP contribution in [-0.4, -0.2) is 75.0 Å². The van der Waals surface area contributed by atoms with Gasteiger partial charge in [-0.25, -0.2) is 0 Å². The van der Waals surface area contributed by atoms with Gasteiger partial charge in [-0.1, -0.05) is 26.7 Å². The fourth-order valence-electron chi connectivity index (χ4n) is 6.14. The summed E-state index contributed by atoms with van der Waals surface area (Å²) in [7, 11) is 0. The molecule has 0 aromatic rings. The average Bonchev–Trinajstić information content (AvgIpc) is 3.32. The normalized spacial score (nSPS) is 35.2. The largest absolute Gasteiger partial charge is 0.377 e. The molecule has 4 unspecified atom stereocenters. The molecule has 4 atom stereocenters. The smallest absolute Gasteiger partial charge is 0.191 e. The van der Waals surface area contributed by atoms with Crippen molar-refractivity contribution in [2.24, 2.45) is 22.2 Å². The van der Waals surface area contributed by atoms with Gasteiger partial charge in [-0.3, -0.25) is 9.89 Å². The monoisotopic (exact) mass is 392 g/mol. The van der Waals surface area contributed by atoms with Crippen LogP contribution in [0.1, 0.15) is 52.9 Å². The van der Waals surface area contributed by atoms with Crippen molar-refractivity contribution in [2.45, 2.75) is 71.1 Å². The zero-order valence-electron chi connectivity index (χ0n) is 18.1. The highest BCUT2D eigenvalue weighted by atomic mass is 16.5. The Labute approximate surface area is 170 Å². The molecule has 0 radical (unpaired) electrons. The van der Waals surface area contributed by atoms with Gasteiger partial charge >= 0.3 is 0 Å². The van der Waals surface area contributed by atoms with Gasteiger partial charge in [0.25, 0.3) is 0 Å². The first kappa shape index (κ1) is 20.4. The number of rotatable bonds is 6. The van der Waals surface area contributed by atoms with Gasteiger partial charge in [-0.15, -0.1) is 0 Å². The van der Waals surface area contributed by atoms with Crippen LogP contribution < -0.4 is 10.6 Å². The van der Waals surface area contributed by atoms with Gasteiger partial charge in [0.05, 0.1) is 25.4 Å². The molecule has 2 heterocycles. The Kier molecular flexibility index (Phi) is 6.48. The Morgan fingerprint density at radius 3 is 2.79 bits per heavy atom. The summed E-state index contributed by atoms with van der Waals surface area (Å²) in [5.41, 5.74) is 0.354. The van der Waals surface area contributed by atoms with Crippen molar-refractivity contribution >= 4 is 5.96 Å². The number of nitrogens with zero attached hydrogens (tertiary/aromatic N) is 2. The van der Waals surface area contributed by atoms with E-state index >= 15 is 0 Å². The molecular formula is C22H40N4O2. The Morgan fingerprint density at radius 1 is 1.21 bits per heavy atom. The summed E-state index contributed by atoms with van der Waals surface area (Å²) in [4.78, 5) is 7.47. The Balaban J connectivity index is 1.37. The van der Waals surface area contributed by atoms with E-state index in [1.807, 2.05) is 0 Å². The summed E-state index contributed by atoms with van der Waals surface area (Å²) < 4.78 is 12.1. The van der Waals surface area contributed by atoms with Crippen LogP contribution >= 0.6 is 0 Å². The molecule has 6 heteroatoms. The molecule has 28 heavy (non-hydrogen) atoms. The lowest BCUT2D eigenvalue weighted by Crippen LogP contribution is -2.69. The average molecular weight is 393 g/mol. The van der Waals surface area contributed by atoms with Crippen molar-refractivity contribution in [3.63, 3.8) is 0 Å². The quantitative estimate of drug-likeness (QED) is 0.536. The molecule has 2 aliphatic carbocycles. The highest BCUT2D eigenvalue weighted by Gasteiger charge is 2.65. The molecule has 0 bridgehead atoms. The minimum atomic E-state index is 0.201. The molecule has 2 N–H and O–H groups in total. The topological polar surface area (TPSA) is 58.1 Å². The summed E-state index contributed by atoms with van der Waals surface area (Å²) >= 11 is 0. The van der Waals surface area contributed by atoms with Gasteiger partial charge in [0, 0.05) is 50.2 Å². The molecule has 1 spiro atoms. The van der Waals surface area contributed by atoms with Crippen LogP contribution in [0.25, 0.3) is 0 Å². The van der Waals surface area contributed by atoms with Crippen LogP contribution in [0.5, 0.6) is 0 Å². The van der Waals surface area contributed by atoms with Crippen LogP contribution in [0.2, 0.25) is 0 Å². The van der Waals surface area contributed by atoms with Crippen LogP contribution in [-0.2, 0) is 9.47 Å². The molecule has 2 aliphatic heterocycles. The zero-order valence-corrected chi connectivity index (χ0v) is 18.1. The van der Waals surface area contributed by atoms with E-state index in [9.17, 15) is 0 Å². The van der Waals surface area contributed by atoms with E-state index in [0.29, 0.717) is 29.4 Å². The summed E-state index contributed by atoms with van der Waals surface area (Å²) in [5, 5.41) is 7.31. The molecule has 6 nitrogen and oxygen atoms in total. The molecule has 2 saturated heterocycles. The maximum absolute atomic E-state index is 6.13. The summed E-state index contributed by atoms with van der Waals surface area (Å²) in [6.45, 7) is 13.3. The molecule has 0 aromatic carbocycles. The number of hydrogen-bond acceptors (Lipinski definition) is 4. The molecule has 0 aromatic heterocycles. The van der Waals surface area contributed by atoms with E-state index < -0.39 is 0 Å². The van der Waals surface area contributed by atoms with Gasteiger partial charge in [-0.05, 0) is 32.1 Å². The predicted molar refractivity (Wildman–Crippen MR) is 113 cm³/mol. The lowest BCUT2D eigenvalue weighted by atomic mass is 9.54. The fraction of sp³-hybridized carbons (Fsp3) is 0.955. The maximum atomic E-state index is 6.13. The van der Waals surface area contributed by atoms with E-state index in [1.165, 1.54) is 32.1 Å². The minimum absolute atomic E-state index is 0.201. The molecule has 2 saturated carbocycles. The highest BCUT2D eigenvalue weighted by molar-refractivity contribution is 5.80. The molecule has 160 valence electrons. The maximum Gasteiger partial charge on any atom is 0.191 e.